The minimum Gasteiger partial charge on any atom is -0.491 e. The molecule has 1 aliphatic rings. The number of hydrogen-bond acceptors (Lipinski definition) is 5. The molecule has 0 unspecified atom stereocenters. The molecule has 0 saturated carbocycles. The van der Waals surface area contributed by atoms with Crippen LogP contribution in [0.5, 0.6) is 5.75 Å². The van der Waals surface area contributed by atoms with E-state index in [4.69, 9.17) is 10.5 Å². The van der Waals surface area contributed by atoms with E-state index in [0.29, 0.717) is 0 Å². The number of rotatable bonds is 4. The number of aryl methyl sites for hydroxylation is 1. The van der Waals surface area contributed by atoms with Gasteiger partial charge in [0.1, 0.15) is 15.8 Å². The Labute approximate surface area is 164 Å². The van der Waals surface area contributed by atoms with Gasteiger partial charge in [0.25, 0.3) is 0 Å². The highest BCUT2D eigenvalue weighted by molar-refractivity contribution is 7.17. The second-order valence-corrected chi connectivity index (χ2v) is 8.41. The highest BCUT2D eigenvalue weighted by Gasteiger charge is 2.21. The lowest BCUT2D eigenvalue weighted by atomic mass is 9.85. The van der Waals surface area contributed by atoms with E-state index in [2.05, 4.69) is 47.5 Å². The zero-order valence-electron chi connectivity index (χ0n) is 16.0. The minimum atomic E-state index is 0.136. The molecule has 5 heteroatoms. The lowest BCUT2D eigenvalue weighted by Gasteiger charge is -2.23. The normalized spacial score (nSPS) is 16.4. The molecule has 2 N–H and O–H groups in total. The maximum Gasteiger partial charge on any atom is 0.148 e. The van der Waals surface area contributed by atoms with Gasteiger partial charge in [0.2, 0.25) is 0 Å². The van der Waals surface area contributed by atoms with Crippen LogP contribution in [0, 0.1) is 6.92 Å². The number of ether oxygens (including phenoxy) is 1. The SMILES string of the molecule is Cc1cc(-c2nnc(-c3cccc4c3CCC[C@@H]4N)s2)ccc1OC(C)C. The van der Waals surface area contributed by atoms with Crippen LogP contribution in [0.15, 0.2) is 36.4 Å². The zero-order chi connectivity index (χ0) is 19.0. The van der Waals surface area contributed by atoms with Gasteiger partial charge < -0.3 is 10.5 Å². The van der Waals surface area contributed by atoms with Crippen molar-refractivity contribution in [2.75, 3.05) is 0 Å². The molecule has 140 valence electrons. The molecule has 0 amide bonds. The summed E-state index contributed by atoms with van der Waals surface area (Å²) < 4.78 is 5.84. The van der Waals surface area contributed by atoms with Gasteiger partial charge in [-0.15, -0.1) is 10.2 Å². The molecule has 0 fully saturated rings. The molecule has 0 spiro atoms. The van der Waals surface area contributed by atoms with Gasteiger partial charge in [-0.2, -0.15) is 0 Å². The number of aromatic nitrogens is 2. The summed E-state index contributed by atoms with van der Waals surface area (Å²) in [6, 6.07) is 12.7. The summed E-state index contributed by atoms with van der Waals surface area (Å²) in [5, 5.41) is 10.9. The second-order valence-electron chi connectivity index (χ2n) is 7.43. The Morgan fingerprint density at radius 1 is 1.15 bits per heavy atom. The van der Waals surface area contributed by atoms with Gasteiger partial charge in [-0.1, -0.05) is 29.5 Å². The second kappa shape index (κ2) is 7.41. The fourth-order valence-electron chi connectivity index (χ4n) is 3.70. The van der Waals surface area contributed by atoms with Crippen LogP contribution < -0.4 is 10.5 Å². The average molecular weight is 380 g/mol. The molecule has 2 aromatic carbocycles. The predicted molar refractivity (Wildman–Crippen MR) is 111 cm³/mol. The smallest absolute Gasteiger partial charge is 0.148 e. The maximum atomic E-state index is 6.31. The van der Waals surface area contributed by atoms with Crippen molar-refractivity contribution >= 4 is 11.3 Å². The summed E-state index contributed by atoms with van der Waals surface area (Å²) in [5.74, 6) is 0.921. The highest BCUT2D eigenvalue weighted by Crippen LogP contribution is 2.38. The number of nitrogens with two attached hydrogens (primary N) is 1. The quantitative estimate of drug-likeness (QED) is 0.668. The summed E-state index contributed by atoms with van der Waals surface area (Å²) in [6.45, 7) is 6.14. The molecule has 1 aromatic heterocycles. The van der Waals surface area contributed by atoms with E-state index in [1.54, 1.807) is 11.3 Å². The van der Waals surface area contributed by atoms with Gasteiger partial charge in [0, 0.05) is 17.2 Å². The Bertz CT molecular complexity index is 964. The molecule has 0 saturated heterocycles. The van der Waals surface area contributed by atoms with Crippen molar-refractivity contribution < 1.29 is 4.74 Å². The Balaban J connectivity index is 1.67. The Morgan fingerprint density at radius 3 is 2.74 bits per heavy atom. The summed E-state index contributed by atoms with van der Waals surface area (Å²) in [4.78, 5) is 0. The van der Waals surface area contributed by atoms with Gasteiger partial charge >= 0.3 is 0 Å². The first kappa shape index (κ1) is 18.1. The molecule has 0 radical (unpaired) electrons. The van der Waals surface area contributed by atoms with Gasteiger partial charge in [0.05, 0.1) is 6.10 Å². The van der Waals surface area contributed by atoms with Crippen molar-refractivity contribution in [1.82, 2.24) is 10.2 Å². The summed E-state index contributed by atoms with van der Waals surface area (Å²) in [7, 11) is 0. The van der Waals surface area contributed by atoms with E-state index in [0.717, 1.165) is 46.2 Å². The molecule has 1 aliphatic carbocycles. The fourth-order valence-corrected chi connectivity index (χ4v) is 4.60. The van der Waals surface area contributed by atoms with Crippen LogP contribution in [0.2, 0.25) is 0 Å². The summed E-state index contributed by atoms with van der Waals surface area (Å²) in [6.07, 6.45) is 3.42. The van der Waals surface area contributed by atoms with Crippen molar-refractivity contribution in [1.29, 1.82) is 0 Å². The monoisotopic (exact) mass is 379 g/mol. The minimum absolute atomic E-state index is 0.136. The van der Waals surface area contributed by atoms with E-state index in [1.807, 2.05) is 19.9 Å². The molecule has 1 heterocycles. The topological polar surface area (TPSA) is 61.0 Å². The molecular formula is C22H25N3OS. The molecule has 4 rings (SSSR count). The first-order chi connectivity index (χ1) is 13.0. The number of hydrogen-bond donors (Lipinski definition) is 1. The number of fused-ring (bicyclic) bond motifs is 1. The van der Waals surface area contributed by atoms with E-state index in [1.165, 1.54) is 16.7 Å². The van der Waals surface area contributed by atoms with Crippen LogP contribution in [0.4, 0.5) is 0 Å². The van der Waals surface area contributed by atoms with Crippen molar-refractivity contribution in [3.8, 4) is 26.9 Å². The Morgan fingerprint density at radius 2 is 1.96 bits per heavy atom. The molecular weight excluding hydrogens is 354 g/mol. The molecule has 4 nitrogen and oxygen atoms in total. The maximum absolute atomic E-state index is 6.31. The standard InChI is InChI=1S/C22H25N3OS/c1-13(2)26-20-11-10-15(12-14(20)3)21-24-25-22(27-21)18-8-4-7-17-16(18)6-5-9-19(17)23/h4,7-8,10-13,19H,5-6,9,23H2,1-3H3/t19-/m0/s1. The van der Waals surface area contributed by atoms with E-state index >= 15 is 0 Å². The van der Waals surface area contributed by atoms with Gasteiger partial charge in [-0.25, -0.2) is 0 Å². The largest absolute Gasteiger partial charge is 0.491 e. The van der Waals surface area contributed by atoms with E-state index in [9.17, 15) is 0 Å². The zero-order valence-corrected chi connectivity index (χ0v) is 16.8. The van der Waals surface area contributed by atoms with E-state index < -0.39 is 0 Å². The van der Waals surface area contributed by atoms with Crippen molar-refractivity contribution in [2.24, 2.45) is 5.73 Å². The Hall–Kier alpha value is -2.24. The molecule has 0 aliphatic heterocycles. The lowest BCUT2D eigenvalue weighted by molar-refractivity contribution is 0.241. The van der Waals surface area contributed by atoms with Crippen molar-refractivity contribution in [3.63, 3.8) is 0 Å². The van der Waals surface area contributed by atoms with Gasteiger partial charge in [-0.05, 0) is 74.9 Å². The first-order valence-corrected chi connectivity index (χ1v) is 10.3. The number of nitrogens with zero attached hydrogens (tertiary/aromatic N) is 2. The van der Waals surface area contributed by atoms with Crippen LogP contribution in [0.25, 0.3) is 21.1 Å². The van der Waals surface area contributed by atoms with Crippen LogP contribution in [0.3, 0.4) is 0 Å². The van der Waals surface area contributed by atoms with E-state index in [-0.39, 0.29) is 12.1 Å². The van der Waals surface area contributed by atoms with Crippen molar-refractivity contribution in [2.45, 2.75) is 52.2 Å². The van der Waals surface area contributed by atoms with Crippen LogP contribution in [0.1, 0.15) is 49.4 Å². The summed E-state index contributed by atoms with van der Waals surface area (Å²) in [5.41, 5.74) is 12.3. The Kier molecular flexibility index (Phi) is 4.98. The van der Waals surface area contributed by atoms with Gasteiger partial charge in [0.15, 0.2) is 0 Å². The number of benzene rings is 2. The average Bonchev–Trinajstić information content (AvgIpc) is 3.13. The van der Waals surface area contributed by atoms with Crippen LogP contribution in [-0.4, -0.2) is 16.3 Å². The molecule has 1 atom stereocenters. The predicted octanol–water partition coefficient (Wildman–Crippen LogP) is 5.30. The highest BCUT2D eigenvalue weighted by atomic mass is 32.1. The molecule has 27 heavy (non-hydrogen) atoms. The lowest BCUT2D eigenvalue weighted by Crippen LogP contribution is -2.17. The van der Waals surface area contributed by atoms with Crippen molar-refractivity contribution in [3.05, 3.63) is 53.1 Å². The molecule has 0 bridgehead atoms. The van der Waals surface area contributed by atoms with Crippen LogP contribution in [-0.2, 0) is 6.42 Å². The third-order valence-corrected chi connectivity index (χ3v) is 6.00. The third kappa shape index (κ3) is 3.62. The fraction of sp³-hybridized carbons (Fsp3) is 0.364. The third-order valence-electron chi connectivity index (χ3n) is 4.99. The van der Waals surface area contributed by atoms with Crippen LogP contribution >= 0.6 is 11.3 Å². The summed E-state index contributed by atoms with van der Waals surface area (Å²) >= 11 is 1.64. The molecule has 3 aromatic rings. The first-order valence-electron chi connectivity index (χ1n) is 9.52. The van der Waals surface area contributed by atoms with Gasteiger partial charge in [-0.3, -0.25) is 0 Å².